The van der Waals surface area contributed by atoms with Crippen LogP contribution < -0.4 is 5.32 Å². The molecule has 3 N–H and O–H groups in total. The zero-order chi connectivity index (χ0) is 20.7. The van der Waals surface area contributed by atoms with E-state index in [-0.39, 0.29) is 24.0 Å². The summed E-state index contributed by atoms with van der Waals surface area (Å²) in [5.74, 6) is -1.19. The first-order valence-electron chi connectivity index (χ1n) is 8.87. The van der Waals surface area contributed by atoms with Gasteiger partial charge in [0.1, 0.15) is 11.6 Å². The molecule has 1 heterocycles. The molecular formula is C19H23N3O5S. The standard InChI is InChI=1S/C19H23N3O5S/c1-4-6-14-12(7-8-13(11(3)23)16(14)24)10-28-19-20-9-15(22-19)21-17(25)18(26)27-5-2/h7-9,24H,4-6,10H2,1-3H3,(H,20,22)(H,21,25). The van der Waals surface area contributed by atoms with Crippen LogP contribution in [0, 0.1) is 0 Å². The number of hydrogen-bond donors (Lipinski definition) is 3. The molecule has 9 heteroatoms. The van der Waals surface area contributed by atoms with E-state index in [1.807, 2.05) is 13.0 Å². The van der Waals surface area contributed by atoms with E-state index in [1.54, 1.807) is 13.0 Å². The molecule has 0 saturated carbocycles. The fraction of sp³-hybridized carbons (Fsp3) is 0.368. The second kappa shape index (κ2) is 9.93. The van der Waals surface area contributed by atoms with Gasteiger partial charge in [-0.1, -0.05) is 31.2 Å². The summed E-state index contributed by atoms with van der Waals surface area (Å²) in [6.45, 7) is 5.16. The number of amides is 1. The second-order valence-corrected chi connectivity index (χ2v) is 6.93. The van der Waals surface area contributed by atoms with Crippen LogP contribution in [-0.2, 0) is 26.5 Å². The molecular weight excluding hydrogens is 382 g/mol. The van der Waals surface area contributed by atoms with Crippen molar-refractivity contribution in [2.75, 3.05) is 11.9 Å². The number of carbonyl (C=O) groups excluding carboxylic acids is 3. The Morgan fingerprint density at radius 2 is 2.04 bits per heavy atom. The van der Waals surface area contributed by atoms with Gasteiger partial charge in [-0.25, -0.2) is 9.78 Å². The summed E-state index contributed by atoms with van der Waals surface area (Å²) in [7, 11) is 0. The lowest BCUT2D eigenvalue weighted by atomic mass is 9.98. The first kappa shape index (κ1) is 21.5. The third-order valence-corrected chi connectivity index (χ3v) is 4.82. The summed E-state index contributed by atoms with van der Waals surface area (Å²) in [6, 6.07) is 3.46. The number of Topliss-reactive ketones (excluding diaryl/α,β-unsaturated/α-hetero) is 1. The Labute approximate surface area is 167 Å². The first-order chi connectivity index (χ1) is 13.4. The molecule has 8 nitrogen and oxygen atoms in total. The SMILES string of the molecule is CCCc1c(CSc2ncc(NC(=O)C(=O)OCC)[nH]2)ccc(C(C)=O)c1O. The van der Waals surface area contributed by atoms with Crippen molar-refractivity contribution in [1.82, 2.24) is 9.97 Å². The number of thioether (sulfide) groups is 1. The molecule has 0 bridgehead atoms. The molecule has 2 aromatic rings. The van der Waals surface area contributed by atoms with E-state index < -0.39 is 11.9 Å². The summed E-state index contributed by atoms with van der Waals surface area (Å²) in [5, 5.41) is 13.3. The summed E-state index contributed by atoms with van der Waals surface area (Å²) < 4.78 is 4.62. The van der Waals surface area contributed by atoms with Crippen molar-refractivity contribution >= 4 is 35.2 Å². The van der Waals surface area contributed by atoms with Gasteiger partial charge in [0.2, 0.25) is 0 Å². The van der Waals surface area contributed by atoms with Gasteiger partial charge in [-0.15, -0.1) is 0 Å². The predicted molar refractivity (Wildman–Crippen MR) is 106 cm³/mol. The number of anilines is 1. The van der Waals surface area contributed by atoms with E-state index in [9.17, 15) is 19.5 Å². The lowest BCUT2D eigenvalue weighted by molar-refractivity contribution is -0.152. The van der Waals surface area contributed by atoms with Crippen LogP contribution in [0.3, 0.4) is 0 Å². The van der Waals surface area contributed by atoms with Crippen LogP contribution in [0.25, 0.3) is 0 Å². The fourth-order valence-electron chi connectivity index (χ4n) is 2.58. The van der Waals surface area contributed by atoms with Crippen molar-refractivity contribution in [2.45, 2.75) is 44.5 Å². The number of carbonyl (C=O) groups is 3. The van der Waals surface area contributed by atoms with Crippen molar-refractivity contribution < 1.29 is 24.2 Å². The number of phenolic OH excluding ortho intramolecular Hbond substituents is 1. The molecule has 0 aliphatic rings. The quantitative estimate of drug-likeness (QED) is 0.267. The van der Waals surface area contributed by atoms with Crippen molar-refractivity contribution in [2.24, 2.45) is 0 Å². The number of phenols is 1. The number of benzene rings is 1. The number of aromatic nitrogens is 2. The Bertz CT molecular complexity index is 878. The largest absolute Gasteiger partial charge is 0.507 e. The van der Waals surface area contributed by atoms with Gasteiger partial charge in [0.25, 0.3) is 0 Å². The number of ether oxygens (including phenoxy) is 1. The molecule has 2 rings (SSSR count). The fourth-order valence-corrected chi connectivity index (χ4v) is 3.45. The highest BCUT2D eigenvalue weighted by atomic mass is 32.2. The number of hydrogen-bond acceptors (Lipinski definition) is 7. The number of rotatable bonds is 8. The molecule has 0 aliphatic carbocycles. The van der Waals surface area contributed by atoms with Crippen LogP contribution in [0.4, 0.5) is 5.82 Å². The van der Waals surface area contributed by atoms with Crippen LogP contribution in [0.15, 0.2) is 23.5 Å². The molecule has 0 atom stereocenters. The van der Waals surface area contributed by atoms with Gasteiger partial charge in [-0.3, -0.25) is 9.59 Å². The minimum absolute atomic E-state index is 0.0364. The van der Waals surface area contributed by atoms with Crippen LogP contribution in [0.5, 0.6) is 5.75 Å². The number of nitrogens with one attached hydrogen (secondary N) is 2. The molecule has 0 unspecified atom stereocenters. The number of esters is 1. The third kappa shape index (κ3) is 5.35. The molecule has 0 spiro atoms. The number of aromatic hydroxyl groups is 1. The van der Waals surface area contributed by atoms with E-state index in [1.165, 1.54) is 24.9 Å². The average Bonchev–Trinajstić information content (AvgIpc) is 3.09. The summed E-state index contributed by atoms with van der Waals surface area (Å²) in [5.41, 5.74) is 1.98. The molecule has 1 aromatic carbocycles. The molecule has 150 valence electrons. The minimum Gasteiger partial charge on any atom is -0.507 e. The zero-order valence-corrected chi connectivity index (χ0v) is 16.8. The van der Waals surface area contributed by atoms with Crippen molar-refractivity contribution in [3.8, 4) is 5.75 Å². The van der Waals surface area contributed by atoms with E-state index in [2.05, 4.69) is 20.0 Å². The molecule has 0 aliphatic heterocycles. The maximum Gasteiger partial charge on any atom is 0.397 e. The van der Waals surface area contributed by atoms with E-state index in [0.29, 0.717) is 22.9 Å². The van der Waals surface area contributed by atoms with Gasteiger partial charge >= 0.3 is 11.9 Å². The summed E-state index contributed by atoms with van der Waals surface area (Å²) in [4.78, 5) is 41.7. The van der Waals surface area contributed by atoms with E-state index >= 15 is 0 Å². The Hall–Kier alpha value is -2.81. The smallest absolute Gasteiger partial charge is 0.397 e. The van der Waals surface area contributed by atoms with E-state index in [0.717, 1.165) is 17.5 Å². The van der Waals surface area contributed by atoms with Crippen LogP contribution >= 0.6 is 11.8 Å². The van der Waals surface area contributed by atoms with Gasteiger partial charge in [0.15, 0.2) is 10.9 Å². The Kier molecular flexibility index (Phi) is 7.62. The Balaban J connectivity index is 2.07. The lowest BCUT2D eigenvalue weighted by Crippen LogP contribution is -2.25. The highest BCUT2D eigenvalue weighted by molar-refractivity contribution is 7.98. The summed E-state index contributed by atoms with van der Waals surface area (Å²) in [6.07, 6.45) is 2.89. The number of ketones is 1. The molecule has 0 radical (unpaired) electrons. The maximum atomic E-state index is 11.6. The van der Waals surface area contributed by atoms with Gasteiger partial charge in [-0.2, -0.15) is 0 Å². The normalized spacial score (nSPS) is 10.5. The number of nitrogens with zero attached hydrogens (tertiary/aromatic N) is 1. The molecule has 0 saturated heterocycles. The Morgan fingerprint density at radius 3 is 2.68 bits per heavy atom. The second-order valence-electron chi connectivity index (χ2n) is 5.97. The van der Waals surface area contributed by atoms with Crippen LogP contribution in [0.1, 0.15) is 48.7 Å². The summed E-state index contributed by atoms with van der Waals surface area (Å²) >= 11 is 1.37. The Morgan fingerprint density at radius 1 is 1.29 bits per heavy atom. The number of aromatic amines is 1. The van der Waals surface area contributed by atoms with Gasteiger partial charge in [0, 0.05) is 5.75 Å². The van der Waals surface area contributed by atoms with Crippen molar-refractivity contribution in [1.29, 1.82) is 0 Å². The zero-order valence-electron chi connectivity index (χ0n) is 16.0. The highest BCUT2D eigenvalue weighted by Gasteiger charge is 2.17. The number of H-pyrrole nitrogens is 1. The lowest BCUT2D eigenvalue weighted by Gasteiger charge is -2.13. The molecule has 1 amide bonds. The van der Waals surface area contributed by atoms with Gasteiger partial charge in [-0.05, 0) is 37.5 Å². The third-order valence-electron chi connectivity index (χ3n) is 3.88. The van der Waals surface area contributed by atoms with Gasteiger partial charge < -0.3 is 20.1 Å². The van der Waals surface area contributed by atoms with Crippen molar-refractivity contribution in [3.63, 3.8) is 0 Å². The molecule has 0 fully saturated rings. The average molecular weight is 405 g/mol. The highest BCUT2D eigenvalue weighted by Crippen LogP contribution is 2.31. The topological polar surface area (TPSA) is 121 Å². The molecule has 28 heavy (non-hydrogen) atoms. The van der Waals surface area contributed by atoms with E-state index in [4.69, 9.17) is 0 Å². The van der Waals surface area contributed by atoms with Crippen LogP contribution in [-0.4, -0.2) is 39.3 Å². The number of imidazole rings is 1. The first-order valence-corrected chi connectivity index (χ1v) is 9.86. The van der Waals surface area contributed by atoms with Gasteiger partial charge in [0.05, 0.1) is 18.4 Å². The minimum atomic E-state index is -0.962. The monoisotopic (exact) mass is 405 g/mol. The van der Waals surface area contributed by atoms with Crippen LogP contribution in [0.2, 0.25) is 0 Å². The van der Waals surface area contributed by atoms with Crippen molar-refractivity contribution in [3.05, 3.63) is 35.0 Å². The maximum absolute atomic E-state index is 11.6. The molecule has 1 aromatic heterocycles. The predicted octanol–water partition coefficient (Wildman–Crippen LogP) is 3.06.